The molecule has 0 saturated heterocycles. The highest BCUT2D eigenvalue weighted by Crippen LogP contribution is 2.36. The van der Waals surface area contributed by atoms with Gasteiger partial charge in [-0.3, -0.25) is 4.79 Å². The molecule has 9 nitrogen and oxygen atoms in total. The van der Waals surface area contributed by atoms with Crippen molar-refractivity contribution < 1.29 is 14.3 Å². The van der Waals surface area contributed by atoms with Gasteiger partial charge in [-0.25, -0.2) is 4.68 Å². The van der Waals surface area contributed by atoms with E-state index in [1.807, 2.05) is 13.0 Å². The minimum atomic E-state index is -0.559. The topological polar surface area (TPSA) is 117 Å². The van der Waals surface area contributed by atoms with Crippen LogP contribution in [0.25, 0.3) is 0 Å². The number of ether oxygens (including phenoxy) is 2. The monoisotopic (exact) mass is 384 g/mol. The van der Waals surface area contributed by atoms with Gasteiger partial charge in [-0.2, -0.15) is 0 Å². The van der Waals surface area contributed by atoms with Crippen LogP contribution in [0, 0.1) is 0 Å². The summed E-state index contributed by atoms with van der Waals surface area (Å²) >= 11 is 3.41. The Labute approximate surface area is 141 Å². The van der Waals surface area contributed by atoms with Crippen LogP contribution in [0.1, 0.15) is 12.5 Å². The van der Waals surface area contributed by atoms with Crippen LogP contribution in [0.5, 0.6) is 11.5 Å². The maximum atomic E-state index is 10.9. The van der Waals surface area contributed by atoms with Crippen molar-refractivity contribution in [3.05, 3.63) is 22.2 Å². The van der Waals surface area contributed by atoms with E-state index in [4.69, 9.17) is 15.2 Å². The summed E-state index contributed by atoms with van der Waals surface area (Å²) in [4.78, 5) is 10.9. The molecule has 0 atom stereocenters. The molecule has 0 saturated carbocycles. The summed E-state index contributed by atoms with van der Waals surface area (Å²) in [6.45, 7) is 2.89. The van der Waals surface area contributed by atoms with Gasteiger partial charge in [0.05, 0.1) is 11.6 Å². The zero-order valence-electron chi connectivity index (χ0n) is 12.7. The van der Waals surface area contributed by atoms with Gasteiger partial charge in [0.2, 0.25) is 5.95 Å². The predicted octanol–water partition coefficient (Wildman–Crippen LogP) is 0.940. The highest BCUT2D eigenvalue weighted by atomic mass is 79.9. The molecule has 1 aromatic heterocycles. The van der Waals surface area contributed by atoms with E-state index in [0.29, 0.717) is 35.0 Å². The average Bonchev–Trinajstić information content (AvgIpc) is 2.98. The second kappa shape index (κ2) is 7.77. The maximum Gasteiger partial charge on any atom is 0.255 e. The molecule has 0 spiro atoms. The molecule has 0 aliphatic heterocycles. The van der Waals surface area contributed by atoms with Crippen LogP contribution in [0.4, 0.5) is 5.95 Å². The van der Waals surface area contributed by atoms with Gasteiger partial charge in [0.1, 0.15) is 0 Å². The number of carbonyl (C=O) groups is 1. The molecule has 0 aliphatic rings. The number of tetrazole rings is 1. The van der Waals surface area contributed by atoms with Crippen molar-refractivity contribution in [3.8, 4) is 11.5 Å². The Morgan fingerprint density at radius 2 is 2.26 bits per heavy atom. The summed E-state index contributed by atoms with van der Waals surface area (Å²) in [6, 6.07) is 3.65. The van der Waals surface area contributed by atoms with Gasteiger partial charge in [0, 0.05) is 13.1 Å². The normalized spacial score (nSPS) is 10.4. The Morgan fingerprint density at radius 3 is 2.91 bits per heavy atom. The quantitative estimate of drug-likeness (QED) is 0.695. The van der Waals surface area contributed by atoms with Crippen LogP contribution in [0.15, 0.2) is 16.6 Å². The van der Waals surface area contributed by atoms with E-state index in [1.165, 1.54) is 7.11 Å². The van der Waals surface area contributed by atoms with Gasteiger partial charge >= 0.3 is 0 Å². The number of benzene rings is 1. The lowest BCUT2D eigenvalue weighted by atomic mass is 10.2. The van der Waals surface area contributed by atoms with E-state index in [0.717, 1.165) is 5.56 Å². The van der Waals surface area contributed by atoms with Crippen molar-refractivity contribution in [1.29, 1.82) is 0 Å². The lowest BCUT2D eigenvalue weighted by Gasteiger charge is -2.14. The lowest BCUT2D eigenvalue weighted by molar-refractivity contribution is -0.119. The number of aryl methyl sites for hydroxylation is 1. The summed E-state index contributed by atoms with van der Waals surface area (Å²) < 4.78 is 13.0. The molecule has 23 heavy (non-hydrogen) atoms. The number of hydrogen-bond donors (Lipinski definition) is 2. The van der Waals surface area contributed by atoms with E-state index in [-0.39, 0.29) is 6.61 Å². The summed E-state index contributed by atoms with van der Waals surface area (Å²) in [5.74, 6) is 0.939. The van der Waals surface area contributed by atoms with Gasteiger partial charge in [-0.05, 0) is 51.0 Å². The van der Waals surface area contributed by atoms with Gasteiger partial charge < -0.3 is 20.5 Å². The van der Waals surface area contributed by atoms with Crippen LogP contribution in [-0.4, -0.2) is 39.8 Å². The van der Waals surface area contributed by atoms with Gasteiger partial charge in [-0.15, -0.1) is 0 Å². The van der Waals surface area contributed by atoms with Crippen molar-refractivity contribution >= 4 is 27.8 Å². The Hall–Kier alpha value is -2.36. The smallest absolute Gasteiger partial charge is 0.255 e. The third-order valence-electron chi connectivity index (χ3n) is 2.93. The molecule has 2 aromatic rings. The van der Waals surface area contributed by atoms with Crippen molar-refractivity contribution in [2.45, 2.75) is 20.0 Å². The number of aromatic nitrogens is 4. The Kier molecular flexibility index (Phi) is 5.74. The third-order valence-corrected chi connectivity index (χ3v) is 3.52. The molecule has 0 unspecified atom stereocenters. The summed E-state index contributed by atoms with van der Waals surface area (Å²) in [5, 5.41) is 14.5. The molecular weight excluding hydrogens is 368 g/mol. The van der Waals surface area contributed by atoms with Crippen molar-refractivity contribution in [3.63, 3.8) is 0 Å². The Morgan fingerprint density at radius 1 is 1.48 bits per heavy atom. The first kappa shape index (κ1) is 17.0. The van der Waals surface area contributed by atoms with Crippen molar-refractivity contribution in [2.75, 3.05) is 19.0 Å². The van der Waals surface area contributed by atoms with Crippen molar-refractivity contribution in [1.82, 2.24) is 20.2 Å². The number of rotatable bonds is 8. The fourth-order valence-corrected chi connectivity index (χ4v) is 2.49. The van der Waals surface area contributed by atoms with Crippen LogP contribution in [0.3, 0.4) is 0 Å². The van der Waals surface area contributed by atoms with Gasteiger partial charge in [0.25, 0.3) is 5.91 Å². The highest BCUT2D eigenvalue weighted by Gasteiger charge is 2.13. The number of nitrogens with zero attached hydrogens (tertiary/aromatic N) is 4. The molecule has 1 aromatic carbocycles. The fraction of sp³-hybridized carbons (Fsp3) is 0.385. The standard InChI is InChI=1S/C13H17BrN6O3/c1-3-20-13(17-18-19-20)16-6-8-4-9(14)12(10(5-8)22-2)23-7-11(15)21/h4-5H,3,6-7H2,1-2H3,(H2,15,21)(H,16,17,19). The molecule has 10 heteroatoms. The fourth-order valence-electron chi connectivity index (χ4n) is 1.88. The third kappa shape index (κ3) is 4.31. The number of nitrogens with one attached hydrogen (secondary N) is 1. The van der Waals surface area contributed by atoms with Crippen LogP contribution in [-0.2, 0) is 17.9 Å². The predicted molar refractivity (Wildman–Crippen MR) is 86.2 cm³/mol. The first-order valence-electron chi connectivity index (χ1n) is 6.82. The molecular formula is C13H17BrN6O3. The van der Waals surface area contributed by atoms with Crippen LogP contribution < -0.4 is 20.5 Å². The van der Waals surface area contributed by atoms with E-state index < -0.39 is 5.91 Å². The number of methoxy groups -OCH3 is 1. The average molecular weight is 385 g/mol. The second-order valence-electron chi connectivity index (χ2n) is 4.54. The van der Waals surface area contributed by atoms with E-state index in [1.54, 1.807) is 10.7 Å². The first-order valence-corrected chi connectivity index (χ1v) is 7.62. The van der Waals surface area contributed by atoms with Gasteiger partial charge in [-0.1, -0.05) is 5.10 Å². The Balaban J connectivity index is 2.14. The number of primary amides is 1. The second-order valence-corrected chi connectivity index (χ2v) is 5.39. The SMILES string of the molecule is CCn1nnnc1NCc1cc(Br)c(OCC(N)=O)c(OC)c1. The molecule has 0 bridgehead atoms. The number of hydrogen-bond acceptors (Lipinski definition) is 7. The number of anilines is 1. The van der Waals surface area contributed by atoms with Crippen LogP contribution >= 0.6 is 15.9 Å². The van der Waals surface area contributed by atoms with Gasteiger partial charge in [0.15, 0.2) is 18.1 Å². The molecule has 3 N–H and O–H groups in total. The molecule has 0 aliphatic carbocycles. The Bertz CT molecular complexity index is 690. The minimum absolute atomic E-state index is 0.224. The summed E-state index contributed by atoms with van der Waals surface area (Å²) in [6.07, 6.45) is 0. The van der Waals surface area contributed by atoms with E-state index in [2.05, 4.69) is 36.8 Å². The van der Waals surface area contributed by atoms with Crippen molar-refractivity contribution in [2.24, 2.45) is 5.73 Å². The number of amides is 1. The number of carbonyl (C=O) groups excluding carboxylic acids is 1. The van der Waals surface area contributed by atoms with E-state index in [9.17, 15) is 4.79 Å². The van der Waals surface area contributed by atoms with Crippen LogP contribution in [0.2, 0.25) is 0 Å². The maximum absolute atomic E-state index is 10.9. The zero-order chi connectivity index (χ0) is 16.8. The minimum Gasteiger partial charge on any atom is -0.493 e. The highest BCUT2D eigenvalue weighted by molar-refractivity contribution is 9.10. The molecule has 124 valence electrons. The number of halogens is 1. The molecule has 1 heterocycles. The summed E-state index contributed by atoms with van der Waals surface area (Å²) in [5.41, 5.74) is 6.01. The van der Waals surface area contributed by atoms with E-state index >= 15 is 0 Å². The largest absolute Gasteiger partial charge is 0.493 e. The molecule has 2 rings (SSSR count). The molecule has 0 radical (unpaired) electrons. The molecule has 1 amide bonds. The summed E-state index contributed by atoms with van der Waals surface area (Å²) in [7, 11) is 1.52. The number of nitrogens with two attached hydrogens (primary N) is 1. The zero-order valence-corrected chi connectivity index (χ0v) is 14.3. The first-order chi connectivity index (χ1) is 11.0. The lowest BCUT2D eigenvalue weighted by Crippen LogP contribution is -2.20. The molecule has 0 fully saturated rings.